The highest BCUT2D eigenvalue weighted by molar-refractivity contribution is 4.91. The number of alkyl halides is 5. The minimum atomic E-state index is -5.50. The van der Waals surface area contributed by atoms with E-state index in [4.69, 9.17) is 0 Å². The van der Waals surface area contributed by atoms with Crippen LogP contribution >= 0.6 is 0 Å². The van der Waals surface area contributed by atoms with Gasteiger partial charge in [0.1, 0.15) is 6.17 Å². The van der Waals surface area contributed by atoms with Crippen LogP contribution in [0, 0.1) is 0 Å². The summed E-state index contributed by atoms with van der Waals surface area (Å²) in [5.74, 6) is -4.70. The summed E-state index contributed by atoms with van der Waals surface area (Å²) >= 11 is 0. The van der Waals surface area contributed by atoms with E-state index in [2.05, 4.69) is 0 Å². The van der Waals surface area contributed by atoms with Crippen molar-refractivity contribution in [1.82, 2.24) is 10.6 Å². The lowest BCUT2D eigenvalue weighted by Crippen LogP contribution is -2.56. The van der Waals surface area contributed by atoms with Gasteiger partial charge in [0.2, 0.25) is 0 Å². The van der Waals surface area contributed by atoms with Gasteiger partial charge in [0.25, 0.3) is 0 Å². The van der Waals surface area contributed by atoms with Crippen molar-refractivity contribution in [3.8, 4) is 0 Å². The van der Waals surface area contributed by atoms with Gasteiger partial charge in [-0.05, 0) is 0 Å². The predicted octanol–water partition coefficient (Wildman–Crippen LogP) is 0.703. The lowest BCUT2D eigenvalue weighted by atomic mass is 10.2. The molecule has 1 heterocycles. The minimum absolute atomic E-state index is 0.121. The quantitative estimate of drug-likeness (QED) is 0.595. The van der Waals surface area contributed by atoms with Crippen LogP contribution in [0.1, 0.15) is 0 Å². The van der Waals surface area contributed by atoms with Crippen LogP contribution in [0.5, 0.6) is 0 Å². The van der Waals surface area contributed by atoms with Crippen LogP contribution in [-0.2, 0) is 0 Å². The molecule has 1 rings (SSSR count). The molecule has 1 fully saturated rings. The molecular weight excluding hydrogens is 183 g/mol. The van der Waals surface area contributed by atoms with Gasteiger partial charge in [0, 0.05) is 13.1 Å². The Morgan fingerprint density at radius 1 is 0.917 bits per heavy atom. The Hall–Kier alpha value is -0.430. The minimum Gasteiger partial charge on any atom is -0.295 e. The van der Waals surface area contributed by atoms with E-state index in [9.17, 15) is 22.0 Å². The van der Waals surface area contributed by atoms with E-state index in [0.717, 1.165) is 0 Å². The molecule has 0 aromatic rings. The molecule has 0 aromatic carbocycles. The second-order valence-corrected chi connectivity index (χ2v) is 2.46. The van der Waals surface area contributed by atoms with Gasteiger partial charge in [0.15, 0.2) is 0 Å². The SMILES string of the molecule is FC(F)(F)C(F)(F)C1NCCN1. The second-order valence-electron chi connectivity index (χ2n) is 2.46. The molecule has 72 valence electrons. The van der Waals surface area contributed by atoms with E-state index < -0.39 is 18.3 Å². The fourth-order valence-corrected chi connectivity index (χ4v) is 0.925. The molecule has 0 radical (unpaired) electrons. The average molecular weight is 190 g/mol. The smallest absolute Gasteiger partial charge is 0.295 e. The zero-order chi connectivity index (χ0) is 9.41. The molecule has 0 spiro atoms. The average Bonchev–Trinajstić information content (AvgIpc) is 2.34. The van der Waals surface area contributed by atoms with Crippen molar-refractivity contribution in [3.05, 3.63) is 0 Å². The van der Waals surface area contributed by atoms with E-state index >= 15 is 0 Å². The van der Waals surface area contributed by atoms with Crippen LogP contribution in [0.2, 0.25) is 0 Å². The first-order chi connectivity index (χ1) is 5.36. The lowest BCUT2D eigenvalue weighted by molar-refractivity contribution is -0.293. The summed E-state index contributed by atoms with van der Waals surface area (Å²) in [5.41, 5.74) is 0. The summed E-state index contributed by atoms with van der Waals surface area (Å²) in [5, 5.41) is 4.04. The zero-order valence-electron chi connectivity index (χ0n) is 5.88. The van der Waals surface area contributed by atoms with Gasteiger partial charge in [0.05, 0.1) is 0 Å². The first-order valence-electron chi connectivity index (χ1n) is 3.27. The Balaban J connectivity index is 2.69. The lowest BCUT2D eigenvalue weighted by Gasteiger charge is -2.25. The number of hydrogen-bond acceptors (Lipinski definition) is 2. The van der Waals surface area contributed by atoms with E-state index in [0.29, 0.717) is 0 Å². The van der Waals surface area contributed by atoms with Crippen LogP contribution in [0.15, 0.2) is 0 Å². The largest absolute Gasteiger partial charge is 0.456 e. The predicted molar refractivity (Wildman–Crippen MR) is 30.8 cm³/mol. The summed E-state index contributed by atoms with van der Waals surface area (Å²) in [6.07, 6.45) is -7.49. The number of halogens is 5. The highest BCUT2D eigenvalue weighted by Gasteiger charge is 2.62. The summed E-state index contributed by atoms with van der Waals surface area (Å²) in [4.78, 5) is 0. The third-order valence-electron chi connectivity index (χ3n) is 1.56. The van der Waals surface area contributed by atoms with Crippen molar-refractivity contribution in [2.45, 2.75) is 18.3 Å². The standard InChI is InChI=1S/C5H7F5N2/c6-4(7,5(8,9)10)3-11-1-2-12-3/h3,11-12H,1-2H2. The second kappa shape index (κ2) is 2.81. The number of hydrogen-bond donors (Lipinski definition) is 2. The first kappa shape index (κ1) is 9.66. The fourth-order valence-electron chi connectivity index (χ4n) is 0.925. The zero-order valence-corrected chi connectivity index (χ0v) is 5.88. The Morgan fingerprint density at radius 2 is 1.33 bits per heavy atom. The topological polar surface area (TPSA) is 24.1 Å². The molecule has 2 N–H and O–H groups in total. The molecule has 0 unspecified atom stereocenters. The molecule has 1 aliphatic heterocycles. The summed E-state index contributed by atoms with van der Waals surface area (Å²) in [7, 11) is 0. The van der Waals surface area contributed by atoms with E-state index in [1.54, 1.807) is 0 Å². The normalized spacial score (nSPS) is 21.8. The van der Waals surface area contributed by atoms with Crippen LogP contribution in [0.25, 0.3) is 0 Å². The molecular formula is C5H7F5N2. The molecule has 7 heteroatoms. The maximum atomic E-state index is 12.4. The van der Waals surface area contributed by atoms with Gasteiger partial charge in [-0.25, -0.2) is 0 Å². The van der Waals surface area contributed by atoms with E-state index in [1.165, 1.54) is 0 Å². The van der Waals surface area contributed by atoms with Crippen molar-refractivity contribution >= 4 is 0 Å². The molecule has 0 aromatic heterocycles. The molecule has 0 amide bonds. The first-order valence-corrected chi connectivity index (χ1v) is 3.27. The van der Waals surface area contributed by atoms with Crippen LogP contribution < -0.4 is 10.6 Å². The molecule has 0 aliphatic carbocycles. The van der Waals surface area contributed by atoms with Crippen LogP contribution in [0.3, 0.4) is 0 Å². The molecule has 1 saturated heterocycles. The molecule has 0 saturated carbocycles. The Kier molecular flexibility index (Phi) is 2.26. The highest BCUT2D eigenvalue weighted by Crippen LogP contribution is 2.37. The van der Waals surface area contributed by atoms with Gasteiger partial charge < -0.3 is 0 Å². The van der Waals surface area contributed by atoms with Gasteiger partial charge >= 0.3 is 12.1 Å². The maximum absolute atomic E-state index is 12.4. The number of rotatable bonds is 1. The summed E-state index contributed by atoms with van der Waals surface area (Å²) in [6.45, 7) is 0.243. The van der Waals surface area contributed by atoms with Gasteiger partial charge in [-0.3, -0.25) is 10.6 Å². The van der Waals surface area contributed by atoms with E-state index in [-0.39, 0.29) is 13.1 Å². The maximum Gasteiger partial charge on any atom is 0.456 e. The van der Waals surface area contributed by atoms with Crippen molar-refractivity contribution in [2.75, 3.05) is 13.1 Å². The van der Waals surface area contributed by atoms with Crippen molar-refractivity contribution < 1.29 is 22.0 Å². The molecule has 0 atom stereocenters. The molecule has 12 heavy (non-hydrogen) atoms. The summed E-state index contributed by atoms with van der Waals surface area (Å²) < 4.78 is 59.7. The summed E-state index contributed by atoms with van der Waals surface area (Å²) in [6, 6.07) is 0. The van der Waals surface area contributed by atoms with Crippen molar-refractivity contribution in [3.63, 3.8) is 0 Å². The Morgan fingerprint density at radius 3 is 1.67 bits per heavy atom. The fraction of sp³-hybridized carbons (Fsp3) is 1.00. The van der Waals surface area contributed by atoms with E-state index in [1.807, 2.05) is 10.6 Å². The third-order valence-corrected chi connectivity index (χ3v) is 1.56. The Labute approximate surface area is 65.1 Å². The Bertz CT molecular complexity index is 160. The van der Waals surface area contributed by atoms with Gasteiger partial charge in [-0.15, -0.1) is 0 Å². The van der Waals surface area contributed by atoms with Crippen LogP contribution in [-0.4, -0.2) is 31.4 Å². The number of nitrogens with one attached hydrogen (secondary N) is 2. The molecule has 2 nitrogen and oxygen atoms in total. The van der Waals surface area contributed by atoms with Crippen molar-refractivity contribution in [1.29, 1.82) is 0 Å². The van der Waals surface area contributed by atoms with Gasteiger partial charge in [-0.2, -0.15) is 22.0 Å². The third kappa shape index (κ3) is 1.51. The molecule has 0 bridgehead atoms. The van der Waals surface area contributed by atoms with Gasteiger partial charge in [-0.1, -0.05) is 0 Å². The molecule has 1 aliphatic rings. The monoisotopic (exact) mass is 190 g/mol. The van der Waals surface area contributed by atoms with Crippen LogP contribution in [0.4, 0.5) is 22.0 Å². The highest BCUT2D eigenvalue weighted by atomic mass is 19.4. The van der Waals surface area contributed by atoms with Crippen molar-refractivity contribution in [2.24, 2.45) is 0 Å².